The topological polar surface area (TPSA) is 39.1 Å². The van der Waals surface area contributed by atoms with Gasteiger partial charge in [0.1, 0.15) is 0 Å². The lowest BCUT2D eigenvalue weighted by atomic mass is 10.1. The highest BCUT2D eigenvalue weighted by atomic mass is 79.9. The van der Waals surface area contributed by atoms with Crippen LogP contribution in [0.4, 0.5) is 0 Å². The summed E-state index contributed by atoms with van der Waals surface area (Å²) >= 11 is 6.57. The molecule has 104 valence electrons. The summed E-state index contributed by atoms with van der Waals surface area (Å²) in [5.41, 5.74) is 0.635. The van der Waals surface area contributed by atoms with Gasteiger partial charge in [-0.2, -0.15) is 0 Å². The van der Waals surface area contributed by atoms with Crippen molar-refractivity contribution in [3.8, 4) is 0 Å². The first-order valence-corrected chi connectivity index (χ1v) is 7.80. The standard InChI is InChI=1S/C15H13Br2NO2/c16-12-9-13(17)15(20)18(10-12)8-4-7-14(19)11-5-2-1-3-6-11/h1-3,5-6,9-10H,4,7-8H2. The largest absolute Gasteiger partial charge is 0.313 e. The van der Waals surface area contributed by atoms with Gasteiger partial charge in [0.05, 0.1) is 4.47 Å². The number of carbonyl (C=O) groups is 1. The molecule has 3 nitrogen and oxygen atoms in total. The van der Waals surface area contributed by atoms with E-state index in [1.807, 2.05) is 30.3 Å². The highest BCUT2D eigenvalue weighted by Gasteiger charge is 2.07. The van der Waals surface area contributed by atoms with Crippen molar-refractivity contribution in [3.05, 3.63) is 67.5 Å². The van der Waals surface area contributed by atoms with E-state index >= 15 is 0 Å². The predicted octanol–water partition coefficient (Wildman–Crippen LogP) is 4.04. The van der Waals surface area contributed by atoms with E-state index in [-0.39, 0.29) is 11.3 Å². The van der Waals surface area contributed by atoms with Crippen LogP contribution in [0.5, 0.6) is 0 Å². The summed E-state index contributed by atoms with van der Waals surface area (Å²) in [5, 5.41) is 0. The van der Waals surface area contributed by atoms with Crippen LogP contribution < -0.4 is 5.56 Å². The second kappa shape index (κ2) is 6.99. The van der Waals surface area contributed by atoms with Crippen LogP contribution in [0.2, 0.25) is 0 Å². The normalized spacial score (nSPS) is 10.5. The van der Waals surface area contributed by atoms with Crippen molar-refractivity contribution in [1.29, 1.82) is 0 Å². The Hall–Kier alpha value is -1.20. The highest BCUT2D eigenvalue weighted by molar-refractivity contribution is 9.11. The third-order valence-electron chi connectivity index (χ3n) is 2.91. The van der Waals surface area contributed by atoms with Crippen molar-refractivity contribution < 1.29 is 4.79 Å². The van der Waals surface area contributed by atoms with Crippen LogP contribution in [0.15, 0.2) is 56.3 Å². The van der Waals surface area contributed by atoms with Crippen LogP contribution >= 0.6 is 31.9 Å². The van der Waals surface area contributed by atoms with Gasteiger partial charge in [0.15, 0.2) is 5.78 Å². The average molecular weight is 399 g/mol. The van der Waals surface area contributed by atoms with Crippen molar-refractivity contribution in [2.45, 2.75) is 19.4 Å². The molecule has 0 aliphatic carbocycles. The minimum absolute atomic E-state index is 0.0830. The van der Waals surface area contributed by atoms with Crippen LogP contribution in [-0.4, -0.2) is 10.4 Å². The highest BCUT2D eigenvalue weighted by Crippen LogP contribution is 2.13. The lowest BCUT2D eigenvalue weighted by molar-refractivity contribution is 0.0978. The molecule has 1 heterocycles. The zero-order chi connectivity index (χ0) is 14.5. The quantitative estimate of drug-likeness (QED) is 0.713. The number of Topliss-reactive ketones (excluding diaryl/α,β-unsaturated/α-hetero) is 1. The van der Waals surface area contributed by atoms with Crippen LogP contribution in [0.25, 0.3) is 0 Å². The number of hydrogen-bond donors (Lipinski definition) is 0. The van der Waals surface area contributed by atoms with E-state index in [0.29, 0.717) is 23.9 Å². The van der Waals surface area contributed by atoms with Crippen molar-refractivity contribution in [3.63, 3.8) is 0 Å². The molecule has 0 saturated carbocycles. The van der Waals surface area contributed by atoms with E-state index in [1.54, 1.807) is 16.8 Å². The van der Waals surface area contributed by atoms with E-state index in [4.69, 9.17) is 0 Å². The second-order valence-electron chi connectivity index (χ2n) is 4.40. The summed E-state index contributed by atoms with van der Waals surface area (Å²) in [6, 6.07) is 10.9. The summed E-state index contributed by atoms with van der Waals surface area (Å²) < 4.78 is 2.95. The molecule has 0 N–H and O–H groups in total. The van der Waals surface area contributed by atoms with E-state index < -0.39 is 0 Å². The number of carbonyl (C=O) groups excluding carboxylic acids is 1. The molecule has 0 unspecified atom stereocenters. The minimum atomic E-state index is -0.0830. The maximum Gasteiger partial charge on any atom is 0.264 e. The first kappa shape index (κ1) is 15.2. The molecule has 0 aliphatic rings. The van der Waals surface area contributed by atoms with Crippen molar-refractivity contribution in [1.82, 2.24) is 4.57 Å². The van der Waals surface area contributed by atoms with Crippen molar-refractivity contribution in [2.75, 3.05) is 0 Å². The summed E-state index contributed by atoms with van der Waals surface area (Å²) in [5.74, 6) is 0.104. The molecule has 1 aromatic carbocycles. The third kappa shape index (κ3) is 3.90. The minimum Gasteiger partial charge on any atom is -0.313 e. The Morgan fingerprint density at radius 2 is 1.85 bits per heavy atom. The predicted molar refractivity (Wildman–Crippen MR) is 86.1 cm³/mol. The Morgan fingerprint density at radius 1 is 1.15 bits per heavy atom. The first-order chi connectivity index (χ1) is 9.58. The van der Waals surface area contributed by atoms with Gasteiger partial charge < -0.3 is 4.57 Å². The zero-order valence-electron chi connectivity index (χ0n) is 10.7. The Kier molecular flexibility index (Phi) is 5.31. The molecule has 20 heavy (non-hydrogen) atoms. The van der Waals surface area contributed by atoms with E-state index in [1.165, 1.54) is 0 Å². The molecule has 0 atom stereocenters. The number of benzene rings is 1. The number of pyridine rings is 1. The molecule has 0 radical (unpaired) electrons. The molecule has 2 rings (SSSR count). The molecule has 1 aromatic heterocycles. The molecule has 0 aliphatic heterocycles. The van der Waals surface area contributed by atoms with Crippen LogP contribution in [0.3, 0.4) is 0 Å². The summed E-state index contributed by atoms with van der Waals surface area (Å²) in [7, 11) is 0. The number of halogens is 2. The molecule has 2 aromatic rings. The van der Waals surface area contributed by atoms with E-state index in [9.17, 15) is 9.59 Å². The molecule has 0 spiro atoms. The molecular formula is C15H13Br2NO2. The molecule has 0 saturated heterocycles. The van der Waals surface area contributed by atoms with Crippen molar-refractivity contribution in [2.24, 2.45) is 0 Å². The van der Waals surface area contributed by atoms with Crippen LogP contribution in [-0.2, 0) is 6.54 Å². The fourth-order valence-corrected chi connectivity index (χ4v) is 3.17. The number of aryl methyl sites for hydroxylation is 1. The Labute approximate surface area is 133 Å². The molecule has 5 heteroatoms. The van der Waals surface area contributed by atoms with Crippen LogP contribution in [0, 0.1) is 0 Å². The van der Waals surface area contributed by atoms with E-state index in [2.05, 4.69) is 31.9 Å². The molecule has 0 bridgehead atoms. The zero-order valence-corrected chi connectivity index (χ0v) is 13.9. The molecule has 0 fully saturated rings. The Morgan fingerprint density at radius 3 is 2.55 bits per heavy atom. The van der Waals surface area contributed by atoms with E-state index in [0.717, 1.165) is 10.0 Å². The van der Waals surface area contributed by atoms with Gasteiger partial charge >= 0.3 is 0 Å². The fraction of sp³-hybridized carbons (Fsp3) is 0.200. The first-order valence-electron chi connectivity index (χ1n) is 6.21. The van der Waals surface area contributed by atoms with Crippen molar-refractivity contribution >= 4 is 37.6 Å². The number of nitrogens with zero attached hydrogens (tertiary/aromatic N) is 1. The Bertz CT molecular complexity index is 665. The maximum absolute atomic E-state index is 11.9. The fourth-order valence-electron chi connectivity index (χ4n) is 1.91. The molecular weight excluding hydrogens is 386 g/mol. The Balaban J connectivity index is 1.97. The maximum atomic E-state index is 11.9. The number of rotatable bonds is 5. The third-order valence-corrected chi connectivity index (χ3v) is 3.91. The van der Waals surface area contributed by atoms with Gasteiger partial charge in [0, 0.05) is 29.2 Å². The smallest absolute Gasteiger partial charge is 0.264 e. The van der Waals surface area contributed by atoms with Gasteiger partial charge in [0.25, 0.3) is 5.56 Å². The lowest BCUT2D eigenvalue weighted by Crippen LogP contribution is -2.20. The summed E-state index contributed by atoms with van der Waals surface area (Å²) in [6.07, 6.45) is 2.80. The van der Waals surface area contributed by atoms with Gasteiger partial charge in [-0.25, -0.2) is 0 Å². The second-order valence-corrected chi connectivity index (χ2v) is 6.17. The average Bonchev–Trinajstić information content (AvgIpc) is 2.44. The lowest BCUT2D eigenvalue weighted by Gasteiger charge is -2.07. The summed E-state index contributed by atoms with van der Waals surface area (Å²) in [6.45, 7) is 0.523. The molecule has 0 amide bonds. The summed E-state index contributed by atoms with van der Waals surface area (Å²) in [4.78, 5) is 23.8. The van der Waals surface area contributed by atoms with Gasteiger partial charge in [-0.1, -0.05) is 30.3 Å². The SMILES string of the molecule is O=C(CCCn1cc(Br)cc(Br)c1=O)c1ccccc1. The number of ketones is 1. The number of aromatic nitrogens is 1. The van der Waals surface area contributed by atoms with Gasteiger partial charge in [-0.05, 0) is 44.3 Å². The number of hydrogen-bond acceptors (Lipinski definition) is 2. The van der Waals surface area contributed by atoms with Gasteiger partial charge in [0.2, 0.25) is 0 Å². The van der Waals surface area contributed by atoms with Gasteiger partial charge in [-0.15, -0.1) is 0 Å². The monoisotopic (exact) mass is 397 g/mol. The van der Waals surface area contributed by atoms with Crippen LogP contribution in [0.1, 0.15) is 23.2 Å². The van der Waals surface area contributed by atoms with Gasteiger partial charge in [-0.3, -0.25) is 9.59 Å².